The molecule has 1 unspecified atom stereocenters. The summed E-state index contributed by atoms with van der Waals surface area (Å²) in [5.41, 5.74) is 12.3. The molecule has 1 aliphatic heterocycles. The highest BCUT2D eigenvalue weighted by molar-refractivity contribution is 6.01. The van der Waals surface area contributed by atoms with E-state index in [0.29, 0.717) is 50.7 Å². The molecule has 228 valence electrons. The number of hydrogen-bond donors (Lipinski definition) is 1. The van der Waals surface area contributed by atoms with E-state index in [2.05, 4.69) is 10.7 Å². The Kier molecular flexibility index (Phi) is 7.87. The van der Waals surface area contributed by atoms with Gasteiger partial charge in [-0.25, -0.2) is 14.4 Å². The smallest absolute Gasteiger partial charge is 0.339 e. The lowest BCUT2D eigenvalue weighted by atomic mass is 10.2. The number of hydrogen-bond acceptors (Lipinski definition) is 6. The maximum atomic E-state index is 14.2. The van der Waals surface area contributed by atoms with Crippen molar-refractivity contribution in [2.24, 2.45) is 10.7 Å². The highest BCUT2D eigenvalue weighted by Gasteiger charge is 2.34. The number of carbonyl (C=O) groups is 1. The molecule has 10 nitrogen and oxygen atoms in total. The van der Waals surface area contributed by atoms with Crippen molar-refractivity contribution < 1.29 is 14.2 Å². The van der Waals surface area contributed by atoms with Crippen molar-refractivity contribution in [2.45, 2.75) is 25.8 Å². The summed E-state index contributed by atoms with van der Waals surface area (Å²) in [6.07, 6.45) is 6.41. The second-order valence-corrected chi connectivity index (χ2v) is 11.4. The molecule has 0 saturated heterocycles. The maximum Gasteiger partial charge on any atom is 0.339 e. The van der Waals surface area contributed by atoms with Gasteiger partial charge in [0.25, 0.3) is 5.91 Å². The van der Waals surface area contributed by atoms with E-state index in [4.69, 9.17) is 10.5 Å². The Labute approximate surface area is 260 Å². The highest BCUT2D eigenvalue weighted by Crippen LogP contribution is 2.31. The number of nitrogens with zero attached hydrogens (tertiary/aromatic N) is 5. The van der Waals surface area contributed by atoms with Crippen LogP contribution in [0.2, 0.25) is 0 Å². The van der Waals surface area contributed by atoms with Crippen LogP contribution in [0, 0.1) is 5.21 Å². The molecule has 1 aromatic heterocycles. The number of amides is 1. The second kappa shape index (κ2) is 11.9. The van der Waals surface area contributed by atoms with Crippen molar-refractivity contribution in [1.82, 2.24) is 9.13 Å². The molecule has 6 rings (SSSR count). The fourth-order valence-corrected chi connectivity index (χ4v) is 5.27. The Hall–Kier alpha value is -5.41. The minimum absolute atomic E-state index is 0.117. The third-order valence-electron chi connectivity index (χ3n) is 8.08. The van der Waals surface area contributed by atoms with Crippen molar-refractivity contribution in [2.75, 3.05) is 25.5 Å². The summed E-state index contributed by atoms with van der Waals surface area (Å²) >= 11 is 0. The van der Waals surface area contributed by atoms with Crippen LogP contribution in [-0.2, 0) is 4.79 Å². The average molecular weight is 603 g/mol. The molecule has 2 aliphatic rings. The number of carbonyl (C=O) groups excluding carboxylic acids is 1. The van der Waals surface area contributed by atoms with E-state index < -0.39 is 0 Å². The highest BCUT2D eigenvalue weighted by atomic mass is 16.5. The minimum Gasteiger partial charge on any atom is -0.633 e. The molecule has 4 aromatic rings. The lowest BCUT2D eigenvalue weighted by molar-refractivity contribution is -0.865. The number of anilines is 1. The Morgan fingerprint density at radius 3 is 2.49 bits per heavy atom. The van der Waals surface area contributed by atoms with Crippen LogP contribution in [0.5, 0.6) is 11.5 Å². The van der Waals surface area contributed by atoms with Crippen LogP contribution in [0.3, 0.4) is 0 Å². The number of para-hydroxylation sites is 1. The first-order chi connectivity index (χ1) is 21.6. The van der Waals surface area contributed by atoms with Crippen molar-refractivity contribution in [3.63, 3.8) is 0 Å². The van der Waals surface area contributed by atoms with Crippen LogP contribution >= 0.6 is 0 Å². The number of imidazole rings is 1. The molecular formula is C35H34N6O4. The Bertz CT molecular complexity index is 2050. The van der Waals surface area contributed by atoms with E-state index in [1.807, 2.05) is 37.3 Å². The number of ether oxygens (including phenoxy) is 1. The predicted octanol–water partition coefficient (Wildman–Crippen LogP) is 3.81. The summed E-state index contributed by atoms with van der Waals surface area (Å²) in [6, 6.07) is 23.8. The zero-order chi connectivity index (χ0) is 31.7. The van der Waals surface area contributed by atoms with Gasteiger partial charge in [0.05, 0.1) is 42.9 Å². The van der Waals surface area contributed by atoms with Crippen LogP contribution < -0.4 is 31.9 Å². The van der Waals surface area contributed by atoms with E-state index in [1.54, 1.807) is 68.7 Å². The lowest BCUT2D eigenvalue weighted by Crippen LogP contribution is -2.40. The Morgan fingerprint density at radius 1 is 1.07 bits per heavy atom. The van der Waals surface area contributed by atoms with E-state index in [9.17, 15) is 14.8 Å². The number of quaternary nitrogens is 1. The van der Waals surface area contributed by atoms with Gasteiger partial charge in [0.15, 0.2) is 5.49 Å². The SMILES string of the molecule is CC1=C=CN=c2c(n(-c3ccc(Oc4ccccc4)cc3)c(=O)n2-c2cccc(N(C)C(=O)/C=C/C[N+](C)([O-])C3CC3)c2)=C1N. The average Bonchev–Trinajstić information content (AvgIpc) is 3.87. The number of aromatic nitrogens is 2. The zero-order valence-corrected chi connectivity index (χ0v) is 25.4. The fraction of sp³-hybridized carbons (Fsp3) is 0.200. The van der Waals surface area contributed by atoms with Crippen LogP contribution in [0.4, 0.5) is 5.69 Å². The summed E-state index contributed by atoms with van der Waals surface area (Å²) in [7, 11) is 3.29. The fourth-order valence-electron chi connectivity index (χ4n) is 5.27. The van der Waals surface area contributed by atoms with Gasteiger partial charge in [-0.15, -0.1) is 0 Å². The minimum atomic E-state index is -0.384. The van der Waals surface area contributed by atoms with Crippen molar-refractivity contribution in [1.29, 1.82) is 0 Å². The van der Waals surface area contributed by atoms with Gasteiger partial charge in [-0.3, -0.25) is 9.36 Å². The number of nitrogens with two attached hydrogens (primary N) is 1. The van der Waals surface area contributed by atoms with Crippen LogP contribution in [0.25, 0.3) is 17.1 Å². The molecule has 0 bridgehead atoms. The molecule has 1 atom stereocenters. The first-order valence-corrected chi connectivity index (χ1v) is 14.7. The molecule has 1 fully saturated rings. The van der Waals surface area contributed by atoms with Gasteiger partial charge in [-0.05, 0) is 67.6 Å². The molecule has 3 aromatic carbocycles. The van der Waals surface area contributed by atoms with Gasteiger partial charge >= 0.3 is 5.69 Å². The third-order valence-corrected chi connectivity index (χ3v) is 8.08. The summed E-state index contributed by atoms with van der Waals surface area (Å²) in [5, 5.41) is 13.0. The summed E-state index contributed by atoms with van der Waals surface area (Å²) in [6.45, 7) is 2.05. The van der Waals surface area contributed by atoms with E-state index in [0.717, 1.165) is 12.8 Å². The first kappa shape index (κ1) is 29.7. The number of rotatable bonds is 9. The van der Waals surface area contributed by atoms with Gasteiger partial charge < -0.3 is 25.2 Å². The van der Waals surface area contributed by atoms with Gasteiger partial charge in [0.1, 0.15) is 16.8 Å². The molecule has 0 radical (unpaired) electrons. The quantitative estimate of drug-likeness (QED) is 0.135. The monoisotopic (exact) mass is 602 g/mol. The summed E-state index contributed by atoms with van der Waals surface area (Å²) < 4.78 is 8.56. The predicted molar refractivity (Wildman–Crippen MR) is 174 cm³/mol. The van der Waals surface area contributed by atoms with Gasteiger partial charge in [-0.2, -0.15) is 0 Å². The van der Waals surface area contributed by atoms with Crippen molar-refractivity contribution in [3.8, 4) is 22.9 Å². The van der Waals surface area contributed by atoms with Gasteiger partial charge in [0, 0.05) is 37.2 Å². The standard InChI is InChI=1S/C35H34N6O4/c1-24-20-21-37-34-33(32(24)36)39(25-14-18-30(19-15-25)45-29-11-5-4-6-12-29)35(43)40(34)27-10-7-9-26(23-27)38(2)31(42)13-8-22-41(3,44)28-16-17-28/h4-15,18-19,21,23,28H,16-17,22,36H2,1-3H3/b13-8+. The molecule has 10 heteroatoms. The Balaban J connectivity index is 1.37. The molecule has 1 amide bonds. The maximum absolute atomic E-state index is 14.2. The normalized spacial score (nSPS) is 15.6. The van der Waals surface area contributed by atoms with Gasteiger partial charge in [0.2, 0.25) is 0 Å². The number of hydroxylamine groups is 3. The topological polar surface area (TPSA) is 118 Å². The Morgan fingerprint density at radius 2 is 1.78 bits per heavy atom. The molecule has 45 heavy (non-hydrogen) atoms. The van der Waals surface area contributed by atoms with Crippen LogP contribution in [0.1, 0.15) is 19.8 Å². The van der Waals surface area contributed by atoms with Crippen LogP contribution in [-0.4, -0.2) is 46.4 Å². The lowest BCUT2D eigenvalue weighted by Gasteiger charge is -2.38. The largest absolute Gasteiger partial charge is 0.633 e. The number of likely N-dealkylation sites (N-methyl/N-ethyl adjacent to an activating group) is 2. The molecule has 2 N–H and O–H groups in total. The second-order valence-electron chi connectivity index (χ2n) is 11.4. The van der Waals surface area contributed by atoms with Gasteiger partial charge in [-0.1, -0.05) is 30.0 Å². The summed E-state index contributed by atoms with van der Waals surface area (Å²) in [5.74, 6) is 1.03. The summed E-state index contributed by atoms with van der Waals surface area (Å²) in [4.78, 5) is 33.3. The van der Waals surface area contributed by atoms with E-state index in [-0.39, 0.29) is 28.8 Å². The zero-order valence-electron chi connectivity index (χ0n) is 25.4. The first-order valence-electron chi connectivity index (χ1n) is 14.7. The molecule has 1 saturated carbocycles. The molecular weight excluding hydrogens is 568 g/mol. The molecule has 2 heterocycles. The van der Waals surface area contributed by atoms with E-state index >= 15 is 0 Å². The van der Waals surface area contributed by atoms with Crippen LogP contribution in [0.15, 0.2) is 118 Å². The molecule has 0 spiro atoms. The number of fused-ring (bicyclic) bond motifs is 1. The van der Waals surface area contributed by atoms with Crippen molar-refractivity contribution >= 4 is 17.3 Å². The van der Waals surface area contributed by atoms with Crippen molar-refractivity contribution in [3.05, 3.63) is 135 Å². The number of benzene rings is 3. The third kappa shape index (κ3) is 6.03. The molecule has 1 aliphatic carbocycles. The van der Waals surface area contributed by atoms with E-state index in [1.165, 1.54) is 26.3 Å².